The lowest BCUT2D eigenvalue weighted by atomic mass is 9.72. The summed E-state index contributed by atoms with van der Waals surface area (Å²) in [7, 11) is 0. The maximum absolute atomic E-state index is 11.7. The van der Waals surface area contributed by atoms with E-state index in [1.807, 2.05) is 42.5 Å². The lowest BCUT2D eigenvalue weighted by molar-refractivity contribution is -0.0324. The normalized spacial score (nSPS) is 19.7. The summed E-state index contributed by atoms with van der Waals surface area (Å²) in [6.45, 7) is 3.34. The van der Waals surface area contributed by atoms with E-state index in [2.05, 4.69) is 11.0 Å². The van der Waals surface area contributed by atoms with Crippen molar-refractivity contribution in [2.45, 2.75) is 69.1 Å². The molecule has 0 aromatic heterocycles. The smallest absolute Gasteiger partial charge is 0.138 e. The van der Waals surface area contributed by atoms with Gasteiger partial charge in [-0.15, -0.1) is 24.8 Å². The fourth-order valence-electron chi connectivity index (χ4n) is 5.08. The number of nitrogens with two attached hydrogens (primary N) is 1. The van der Waals surface area contributed by atoms with Gasteiger partial charge in [0.1, 0.15) is 12.4 Å². The zero-order chi connectivity index (χ0) is 21.7. The monoisotopic (exact) mass is 514 g/mol. The van der Waals surface area contributed by atoms with Crippen molar-refractivity contribution in [3.63, 3.8) is 0 Å². The molecule has 1 atom stereocenters. The van der Waals surface area contributed by atoms with Gasteiger partial charge in [-0.2, -0.15) is 0 Å². The number of nitrogens with zero attached hydrogens (tertiary/aromatic N) is 1. The standard InChI is InChI=1S/C26H35ClN2O2.2ClH/c27-24-17-21(9-10-25(24)31-19-20-7-3-1-4-8-20)23(26(30)13-5-2-6-14-26)18-29-15-11-22(28)12-16-29;;/h1,3-4,7-10,17,22-23,30H,2,5-6,11-16,18-19,28H2;2*1H. The second kappa shape index (κ2) is 13.2. The minimum absolute atomic E-state index is 0. The zero-order valence-electron chi connectivity index (χ0n) is 19.1. The summed E-state index contributed by atoms with van der Waals surface area (Å²) in [5.41, 5.74) is 7.65. The molecule has 1 unspecified atom stereocenters. The number of benzene rings is 2. The van der Waals surface area contributed by atoms with Crippen LogP contribution in [0.2, 0.25) is 5.02 Å². The van der Waals surface area contributed by atoms with Crippen LogP contribution in [0.25, 0.3) is 0 Å². The van der Waals surface area contributed by atoms with E-state index in [1.165, 1.54) is 6.42 Å². The third-order valence-corrected chi connectivity index (χ3v) is 7.33. The van der Waals surface area contributed by atoms with E-state index in [4.69, 9.17) is 22.1 Å². The molecule has 33 heavy (non-hydrogen) atoms. The van der Waals surface area contributed by atoms with E-state index < -0.39 is 5.60 Å². The van der Waals surface area contributed by atoms with Crippen molar-refractivity contribution < 1.29 is 9.84 Å². The van der Waals surface area contributed by atoms with Crippen LogP contribution < -0.4 is 10.5 Å². The number of ether oxygens (including phenoxy) is 1. The molecule has 0 spiro atoms. The Morgan fingerprint density at radius 3 is 2.33 bits per heavy atom. The van der Waals surface area contributed by atoms with E-state index in [1.54, 1.807) is 0 Å². The van der Waals surface area contributed by atoms with Crippen molar-refractivity contribution in [3.8, 4) is 5.75 Å². The number of likely N-dealkylation sites (tertiary alicyclic amines) is 1. The number of rotatable bonds is 7. The quantitative estimate of drug-likeness (QED) is 0.477. The van der Waals surface area contributed by atoms with Crippen LogP contribution in [0.4, 0.5) is 0 Å². The van der Waals surface area contributed by atoms with Gasteiger partial charge in [-0.1, -0.05) is 67.3 Å². The predicted molar refractivity (Wildman–Crippen MR) is 141 cm³/mol. The topological polar surface area (TPSA) is 58.7 Å². The Bertz CT molecular complexity index is 839. The van der Waals surface area contributed by atoms with E-state index in [-0.39, 0.29) is 30.7 Å². The average molecular weight is 516 g/mol. The SMILES string of the molecule is Cl.Cl.NC1CCN(CC(c2ccc(OCc3ccccc3)c(Cl)c2)C2(O)CCCCC2)CC1. The molecule has 184 valence electrons. The first-order chi connectivity index (χ1) is 15.0. The van der Waals surface area contributed by atoms with E-state index in [0.717, 1.165) is 69.3 Å². The molecule has 1 saturated heterocycles. The Balaban J connectivity index is 0.00000193. The molecule has 1 aliphatic carbocycles. The highest BCUT2D eigenvalue weighted by Gasteiger charge is 2.40. The summed E-state index contributed by atoms with van der Waals surface area (Å²) in [5.74, 6) is 0.732. The molecule has 2 aromatic rings. The number of halogens is 3. The van der Waals surface area contributed by atoms with E-state index in [0.29, 0.717) is 23.4 Å². The molecule has 2 aromatic carbocycles. The zero-order valence-corrected chi connectivity index (χ0v) is 21.5. The first kappa shape index (κ1) is 28.2. The van der Waals surface area contributed by atoms with Crippen LogP contribution >= 0.6 is 36.4 Å². The van der Waals surface area contributed by atoms with Crippen LogP contribution in [0.3, 0.4) is 0 Å². The number of aliphatic hydroxyl groups is 1. The van der Waals surface area contributed by atoms with Crippen molar-refractivity contribution >= 4 is 36.4 Å². The largest absolute Gasteiger partial charge is 0.487 e. The highest BCUT2D eigenvalue weighted by molar-refractivity contribution is 6.32. The molecular weight excluding hydrogens is 479 g/mol. The molecule has 4 nitrogen and oxygen atoms in total. The molecule has 1 heterocycles. The fourth-order valence-corrected chi connectivity index (χ4v) is 5.32. The maximum atomic E-state index is 11.7. The molecule has 0 amide bonds. The molecule has 2 fully saturated rings. The number of hydrogen-bond acceptors (Lipinski definition) is 4. The van der Waals surface area contributed by atoms with Gasteiger partial charge in [0.15, 0.2) is 0 Å². The second-order valence-corrected chi connectivity index (χ2v) is 9.73. The van der Waals surface area contributed by atoms with Crippen molar-refractivity contribution in [1.29, 1.82) is 0 Å². The minimum Gasteiger partial charge on any atom is -0.487 e. The summed E-state index contributed by atoms with van der Waals surface area (Å²) in [6.07, 6.45) is 7.15. The molecule has 1 saturated carbocycles. The fraction of sp³-hybridized carbons (Fsp3) is 0.538. The number of piperidine rings is 1. The van der Waals surface area contributed by atoms with Crippen LogP contribution in [-0.4, -0.2) is 41.3 Å². The molecule has 7 heteroatoms. The Morgan fingerprint density at radius 2 is 1.70 bits per heavy atom. The summed E-state index contributed by atoms with van der Waals surface area (Å²) >= 11 is 6.65. The summed E-state index contributed by atoms with van der Waals surface area (Å²) in [5, 5.41) is 12.3. The molecule has 0 bridgehead atoms. The van der Waals surface area contributed by atoms with Crippen LogP contribution in [0.5, 0.6) is 5.75 Å². The molecule has 1 aliphatic heterocycles. The van der Waals surface area contributed by atoms with Gasteiger partial charge in [-0.25, -0.2) is 0 Å². The number of hydrogen-bond donors (Lipinski definition) is 2. The lowest BCUT2D eigenvalue weighted by Gasteiger charge is -2.43. The Hall–Kier alpha value is -1.01. The van der Waals surface area contributed by atoms with Gasteiger partial charge in [0.05, 0.1) is 10.6 Å². The molecule has 0 radical (unpaired) electrons. The summed E-state index contributed by atoms with van der Waals surface area (Å²) in [6, 6.07) is 16.5. The van der Waals surface area contributed by atoms with Crippen LogP contribution in [0.1, 0.15) is 62.0 Å². The van der Waals surface area contributed by atoms with Crippen LogP contribution in [0.15, 0.2) is 48.5 Å². The first-order valence-electron chi connectivity index (χ1n) is 11.7. The average Bonchev–Trinajstić information content (AvgIpc) is 2.79. The van der Waals surface area contributed by atoms with Gasteiger partial charge in [-0.05, 0) is 62.0 Å². The van der Waals surface area contributed by atoms with Crippen molar-refractivity contribution in [3.05, 3.63) is 64.7 Å². The van der Waals surface area contributed by atoms with Gasteiger partial charge in [0, 0.05) is 18.5 Å². The lowest BCUT2D eigenvalue weighted by Crippen LogP contribution is -2.47. The summed E-state index contributed by atoms with van der Waals surface area (Å²) in [4.78, 5) is 2.47. The van der Waals surface area contributed by atoms with E-state index in [9.17, 15) is 5.11 Å². The second-order valence-electron chi connectivity index (χ2n) is 9.32. The first-order valence-corrected chi connectivity index (χ1v) is 12.1. The summed E-state index contributed by atoms with van der Waals surface area (Å²) < 4.78 is 5.97. The van der Waals surface area contributed by atoms with E-state index >= 15 is 0 Å². The van der Waals surface area contributed by atoms with Crippen LogP contribution in [0, 0.1) is 0 Å². The minimum atomic E-state index is -0.673. The van der Waals surface area contributed by atoms with Crippen molar-refractivity contribution in [2.24, 2.45) is 5.73 Å². The van der Waals surface area contributed by atoms with Gasteiger partial charge in [-0.3, -0.25) is 0 Å². The predicted octanol–water partition coefficient (Wildman–Crippen LogP) is 5.96. The van der Waals surface area contributed by atoms with Crippen molar-refractivity contribution in [2.75, 3.05) is 19.6 Å². The molecular formula is C26H37Cl3N2O2. The van der Waals surface area contributed by atoms with Gasteiger partial charge < -0.3 is 20.5 Å². The van der Waals surface area contributed by atoms with Crippen LogP contribution in [-0.2, 0) is 6.61 Å². The highest BCUT2D eigenvalue weighted by atomic mass is 35.5. The highest BCUT2D eigenvalue weighted by Crippen LogP contribution is 2.42. The third kappa shape index (κ3) is 7.48. The molecule has 2 aliphatic rings. The van der Waals surface area contributed by atoms with Crippen molar-refractivity contribution in [1.82, 2.24) is 4.90 Å². The third-order valence-electron chi connectivity index (χ3n) is 7.04. The Labute approximate surface area is 215 Å². The maximum Gasteiger partial charge on any atom is 0.138 e. The van der Waals surface area contributed by atoms with Gasteiger partial charge in [0.2, 0.25) is 0 Å². The van der Waals surface area contributed by atoms with Gasteiger partial charge >= 0.3 is 0 Å². The Kier molecular flexibility index (Phi) is 11.3. The molecule has 4 rings (SSSR count). The Morgan fingerprint density at radius 1 is 1.03 bits per heavy atom. The van der Waals surface area contributed by atoms with Gasteiger partial charge in [0.25, 0.3) is 0 Å². The molecule has 3 N–H and O–H groups in total.